The Morgan fingerprint density at radius 1 is 1.41 bits per heavy atom. The van der Waals surface area contributed by atoms with Crippen molar-refractivity contribution in [2.24, 2.45) is 11.7 Å². The lowest BCUT2D eigenvalue weighted by Gasteiger charge is -2.32. The fourth-order valence-corrected chi connectivity index (χ4v) is 2.79. The monoisotopic (exact) mass is 242 g/mol. The van der Waals surface area contributed by atoms with Crippen molar-refractivity contribution >= 4 is 5.91 Å². The highest BCUT2D eigenvalue weighted by Crippen LogP contribution is 2.27. The van der Waals surface area contributed by atoms with E-state index in [0.717, 1.165) is 32.1 Å². The van der Waals surface area contributed by atoms with Gasteiger partial charge in [0.15, 0.2) is 0 Å². The van der Waals surface area contributed by atoms with E-state index >= 15 is 0 Å². The summed E-state index contributed by atoms with van der Waals surface area (Å²) in [5, 5.41) is 9.10. The van der Waals surface area contributed by atoms with Crippen LogP contribution in [0.3, 0.4) is 0 Å². The maximum Gasteiger partial charge on any atom is 0.226 e. The van der Waals surface area contributed by atoms with E-state index in [1.165, 1.54) is 0 Å². The molecule has 100 valence electrons. The minimum atomic E-state index is 0.0427. The Labute approximate surface area is 104 Å². The van der Waals surface area contributed by atoms with Crippen LogP contribution in [0.2, 0.25) is 0 Å². The summed E-state index contributed by atoms with van der Waals surface area (Å²) in [6.07, 6.45) is 4.55. The van der Waals surface area contributed by atoms with Crippen LogP contribution in [0, 0.1) is 5.92 Å². The Morgan fingerprint density at radius 3 is 2.47 bits per heavy atom. The second-order valence-corrected chi connectivity index (χ2v) is 5.00. The molecule has 1 saturated carbocycles. The number of aliphatic hydroxyl groups is 1. The third-order valence-corrected chi connectivity index (χ3v) is 3.83. The molecule has 0 aromatic heterocycles. The molecular formula is C13H26N2O2. The predicted octanol–water partition coefficient (Wildman–Crippen LogP) is 1.12. The Balaban J connectivity index is 2.65. The van der Waals surface area contributed by atoms with E-state index in [9.17, 15) is 4.79 Å². The van der Waals surface area contributed by atoms with Crippen molar-refractivity contribution in [2.75, 3.05) is 13.2 Å². The molecule has 0 heterocycles. The van der Waals surface area contributed by atoms with Gasteiger partial charge in [-0.3, -0.25) is 4.79 Å². The summed E-state index contributed by atoms with van der Waals surface area (Å²) in [5.74, 6) is 0.276. The van der Waals surface area contributed by atoms with Crippen LogP contribution < -0.4 is 5.73 Å². The molecule has 0 aromatic rings. The lowest BCUT2D eigenvalue weighted by molar-refractivity contribution is -0.138. The minimum Gasteiger partial charge on any atom is -0.395 e. The Hall–Kier alpha value is -0.610. The number of hydrogen-bond acceptors (Lipinski definition) is 3. The van der Waals surface area contributed by atoms with E-state index in [2.05, 4.69) is 13.8 Å². The first-order valence-electron chi connectivity index (χ1n) is 6.80. The van der Waals surface area contributed by atoms with Crippen LogP contribution >= 0.6 is 0 Å². The molecule has 0 spiro atoms. The molecule has 4 heteroatoms. The number of aliphatic hydroxyl groups excluding tert-OH is 1. The molecule has 0 aliphatic heterocycles. The first-order chi connectivity index (χ1) is 8.13. The number of rotatable bonds is 6. The van der Waals surface area contributed by atoms with Crippen molar-refractivity contribution < 1.29 is 9.90 Å². The van der Waals surface area contributed by atoms with Crippen LogP contribution in [-0.2, 0) is 4.79 Å². The van der Waals surface area contributed by atoms with Crippen LogP contribution in [0.5, 0.6) is 0 Å². The zero-order chi connectivity index (χ0) is 12.8. The van der Waals surface area contributed by atoms with Gasteiger partial charge in [0.1, 0.15) is 0 Å². The molecule has 1 amide bonds. The fraction of sp³-hybridized carbons (Fsp3) is 0.923. The Morgan fingerprint density at radius 2 is 2.06 bits per heavy atom. The van der Waals surface area contributed by atoms with Gasteiger partial charge in [-0.2, -0.15) is 0 Å². The highest BCUT2D eigenvalue weighted by atomic mass is 16.3. The summed E-state index contributed by atoms with van der Waals surface area (Å²) in [5.41, 5.74) is 5.86. The molecule has 3 N–H and O–H groups in total. The van der Waals surface area contributed by atoms with Gasteiger partial charge < -0.3 is 15.7 Å². The average Bonchev–Trinajstić information content (AvgIpc) is 2.75. The quantitative estimate of drug-likeness (QED) is 0.733. The van der Waals surface area contributed by atoms with Gasteiger partial charge in [-0.05, 0) is 32.1 Å². The number of amides is 1. The van der Waals surface area contributed by atoms with Crippen LogP contribution in [0.25, 0.3) is 0 Å². The van der Waals surface area contributed by atoms with Gasteiger partial charge in [-0.25, -0.2) is 0 Å². The summed E-state index contributed by atoms with van der Waals surface area (Å²) in [6.45, 7) is 4.68. The van der Waals surface area contributed by atoms with Crippen molar-refractivity contribution in [2.45, 2.75) is 58.0 Å². The van der Waals surface area contributed by atoms with E-state index in [1.54, 1.807) is 0 Å². The first kappa shape index (κ1) is 14.5. The van der Waals surface area contributed by atoms with Crippen molar-refractivity contribution in [1.29, 1.82) is 0 Å². The van der Waals surface area contributed by atoms with Crippen molar-refractivity contribution in [3.05, 3.63) is 0 Å². The highest BCUT2D eigenvalue weighted by Gasteiger charge is 2.32. The van der Waals surface area contributed by atoms with Gasteiger partial charge in [-0.1, -0.05) is 13.8 Å². The minimum absolute atomic E-state index is 0.0427. The standard InChI is InChI=1S/C13H26N2O2/c1-3-12(4-2)15(7-8-16)13(17)10-5-6-11(14)9-10/h10-12,16H,3-9,14H2,1-2H3. The molecule has 1 fully saturated rings. The molecule has 2 unspecified atom stereocenters. The summed E-state index contributed by atoms with van der Waals surface area (Å²) in [7, 11) is 0. The molecule has 0 saturated heterocycles. The SMILES string of the molecule is CCC(CC)N(CCO)C(=O)C1CCC(N)C1. The maximum atomic E-state index is 12.4. The summed E-state index contributed by atoms with van der Waals surface area (Å²) in [6, 6.07) is 0.438. The number of nitrogens with zero attached hydrogens (tertiary/aromatic N) is 1. The van der Waals surface area contributed by atoms with Gasteiger partial charge >= 0.3 is 0 Å². The topological polar surface area (TPSA) is 66.6 Å². The average molecular weight is 242 g/mol. The molecule has 17 heavy (non-hydrogen) atoms. The van der Waals surface area contributed by atoms with Crippen LogP contribution in [0.15, 0.2) is 0 Å². The van der Waals surface area contributed by atoms with E-state index in [-0.39, 0.29) is 30.5 Å². The third-order valence-electron chi connectivity index (χ3n) is 3.83. The zero-order valence-corrected chi connectivity index (χ0v) is 11.1. The van der Waals surface area contributed by atoms with Crippen LogP contribution in [0.4, 0.5) is 0 Å². The van der Waals surface area contributed by atoms with E-state index < -0.39 is 0 Å². The molecule has 0 bridgehead atoms. The second kappa shape index (κ2) is 6.97. The van der Waals surface area contributed by atoms with E-state index in [4.69, 9.17) is 10.8 Å². The normalized spacial score (nSPS) is 24.3. The van der Waals surface area contributed by atoms with Crippen LogP contribution in [-0.4, -0.2) is 41.1 Å². The molecule has 1 aliphatic carbocycles. The zero-order valence-electron chi connectivity index (χ0n) is 11.1. The molecule has 0 radical (unpaired) electrons. The molecular weight excluding hydrogens is 216 g/mol. The van der Waals surface area contributed by atoms with Gasteiger partial charge in [0.25, 0.3) is 0 Å². The largest absolute Gasteiger partial charge is 0.395 e. The first-order valence-corrected chi connectivity index (χ1v) is 6.80. The van der Waals surface area contributed by atoms with Crippen molar-refractivity contribution in [3.8, 4) is 0 Å². The smallest absolute Gasteiger partial charge is 0.226 e. The van der Waals surface area contributed by atoms with Gasteiger partial charge in [0.2, 0.25) is 5.91 Å². The second-order valence-electron chi connectivity index (χ2n) is 5.00. The van der Waals surface area contributed by atoms with Crippen LogP contribution in [0.1, 0.15) is 46.0 Å². The van der Waals surface area contributed by atoms with Gasteiger partial charge in [0, 0.05) is 24.5 Å². The van der Waals surface area contributed by atoms with Gasteiger partial charge in [-0.15, -0.1) is 0 Å². The lowest BCUT2D eigenvalue weighted by atomic mass is 10.0. The predicted molar refractivity (Wildman–Crippen MR) is 68.5 cm³/mol. The van der Waals surface area contributed by atoms with Gasteiger partial charge in [0.05, 0.1) is 6.61 Å². The number of carbonyl (C=O) groups excluding carboxylic acids is 1. The summed E-state index contributed by atoms with van der Waals surface area (Å²) < 4.78 is 0. The summed E-state index contributed by atoms with van der Waals surface area (Å²) >= 11 is 0. The summed E-state index contributed by atoms with van der Waals surface area (Å²) in [4.78, 5) is 14.3. The number of carbonyl (C=O) groups is 1. The maximum absolute atomic E-state index is 12.4. The fourth-order valence-electron chi connectivity index (χ4n) is 2.79. The third kappa shape index (κ3) is 3.68. The highest BCUT2D eigenvalue weighted by molar-refractivity contribution is 5.79. The lowest BCUT2D eigenvalue weighted by Crippen LogP contribution is -2.44. The van der Waals surface area contributed by atoms with E-state index in [0.29, 0.717) is 6.54 Å². The molecule has 4 nitrogen and oxygen atoms in total. The molecule has 1 aliphatic rings. The number of hydrogen-bond donors (Lipinski definition) is 2. The Kier molecular flexibility index (Phi) is 5.92. The van der Waals surface area contributed by atoms with Crippen molar-refractivity contribution in [1.82, 2.24) is 4.90 Å². The van der Waals surface area contributed by atoms with E-state index in [1.807, 2.05) is 4.90 Å². The van der Waals surface area contributed by atoms with Crippen molar-refractivity contribution in [3.63, 3.8) is 0 Å². The number of nitrogens with two attached hydrogens (primary N) is 1. The molecule has 1 rings (SSSR count). The molecule has 2 atom stereocenters. The Bertz CT molecular complexity index is 242. The molecule has 0 aromatic carbocycles.